The Bertz CT molecular complexity index is 788. The number of aromatic nitrogens is 1. The van der Waals surface area contributed by atoms with Gasteiger partial charge in [-0.15, -0.1) is 0 Å². The lowest BCUT2D eigenvalue weighted by Gasteiger charge is -2.33. The molecule has 1 N–H and O–H groups in total. The zero-order chi connectivity index (χ0) is 16.6. The predicted octanol–water partition coefficient (Wildman–Crippen LogP) is 1.78. The molecule has 1 fully saturated rings. The van der Waals surface area contributed by atoms with Crippen molar-refractivity contribution in [3.05, 3.63) is 41.1 Å². The van der Waals surface area contributed by atoms with E-state index in [1.54, 1.807) is 13.0 Å². The van der Waals surface area contributed by atoms with Gasteiger partial charge in [0.05, 0.1) is 30.0 Å². The zero-order valence-electron chi connectivity index (χ0n) is 13.1. The number of morpholine rings is 1. The molecule has 0 aliphatic carbocycles. The molecule has 1 aliphatic rings. The van der Waals surface area contributed by atoms with Gasteiger partial charge in [-0.05, 0) is 31.5 Å². The van der Waals surface area contributed by atoms with Gasteiger partial charge in [0.25, 0.3) is 5.91 Å². The van der Waals surface area contributed by atoms with Crippen LogP contribution >= 0.6 is 0 Å². The lowest BCUT2D eigenvalue weighted by molar-refractivity contribution is -0.147. The van der Waals surface area contributed by atoms with Crippen molar-refractivity contribution < 1.29 is 19.4 Å². The number of aliphatic carboxylic acids is 1. The summed E-state index contributed by atoms with van der Waals surface area (Å²) in [7, 11) is 0. The van der Waals surface area contributed by atoms with E-state index in [4.69, 9.17) is 4.74 Å². The minimum Gasteiger partial charge on any atom is -0.480 e. The number of carbonyl (C=O) groups is 2. The van der Waals surface area contributed by atoms with Crippen molar-refractivity contribution in [3.8, 4) is 0 Å². The van der Waals surface area contributed by atoms with Gasteiger partial charge in [-0.2, -0.15) is 0 Å². The van der Waals surface area contributed by atoms with Crippen LogP contribution in [-0.2, 0) is 9.53 Å². The fraction of sp³-hybridized carbons (Fsp3) is 0.353. The number of nitrogens with zero attached hydrogens (tertiary/aromatic N) is 2. The molecule has 120 valence electrons. The molecule has 1 atom stereocenters. The molecular formula is C17H18N2O4. The predicted molar refractivity (Wildman–Crippen MR) is 84.5 cm³/mol. The van der Waals surface area contributed by atoms with Crippen LogP contribution < -0.4 is 0 Å². The third-order valence-corrected chi connectivity index (χ3v) is 4.07. The lowest BCUT2D eigenvalue weighted by atomic mass is 10.1. The average molecular weight is 314 g/mol. The first kappa shape index (κ1) is 15.4. The van der Waals surface area contributed by atoms with Crippen LogP contribution in [-0.4, -0.2) is 52.7 Å². The molecule has 1 saturated heterocycles. The number of benzene rings is 1. The molecule has 1 aromatic heterocycles. The molecule has 23 heavy (non-hydrogen) atoms. The quantitative estimate of drug-likeness (QED) is 0.914. The van der Waals surface area contributed by atoms with Crippen LogP contribution in [0.3, 0.4) is 0 Å². The summed E-state index contributed by atoms with van der Waals surface area (Å²) in [5.41, 5.74) is 2.97. The van der Waals surface area contributed by atoms with E-state index in [2.05, 4.69) is 4.98 Å². The Kier molecular flexibility index (Phi) is 4.00. The molecule has 0 saturated carbocycles. The number of pyridine rings is 1. The number of carboxylic acids is 1. The van der Waals surface area contributed by atoms with E-state index in [0.29, 0.717) is 17.9 Å². The first-order valence-corrected chi connectivity index (χ1v) is 7.47. The van der Waals surface area contributed by atoms with Crippen molar-refractivity contribution in [3.63, 3.8) is 0 Å². The Morgan fingerprint density at radius 1 is 1.30 bits per heavy atom. The number of rotatable bonds is 2. The van der Waals surface area contributed by atoms with E-state index in [9.17, 15) is 14.7 Å². The minimum absolute atomic E-state index is 0.0142. The molecule has 0 spiro atoms. The topological polar surface area (TPSA) is 79.7 Å². The van der Waals surface area contributed by atoms with Crippen LogP contribution in [0.1, 0.15) is 21.6 Å². The highest BCUT2D eigenvalue weighted by atomic mass is 16.5. The van der Waals surface area contributed by atoms with Crippen molar-refractivity contribution in [1.29, 1.82) is 0 Å². The molecule has 6 heteroatoms. The van der Waals surface area contributed by atoms with Gasteiger partial charge in [-0.1, -0.05) is 12.1 Å². The van der Waals surface area contributed by atoms with Crippen molar-refractivity contribution in [1.82, 2.24) is 9.88 Å². The highest BCUT2D eigenvalue weighted by Gasteiger charge is 2.34. The summed E-state index contributed by atoms with van der Waals surface area (Å²) in [6, 6.07) is 6.67. The summed E-state index contributed by atoms with van der Waals surface area (Å²) in [4.78, 5) is 30.0. The zero-order valence-corrected chi connectivity index (χ0v) is 13.1. The third-order valence-electron chi connectivity index (χ3n) is 4.07. The first-order chi connectivity index (χ1) is 11.0. The number of ether oxygens (including phenoxy) is 1. The Balaban J connectivity index is 2.01. The number of fused-ring (bicyclic) bond motifs is 1. The number of amides is 1. The maximum atomic E-state index is 12.8. The maximum absolute atomic E-state index is 12.8. The standard InChI is InChI=1S/C17H18N2O4/c1-10-3-4-12-8-13(11(2)18-14(12)7-10)16(20)19-5-6-23-9-15(19)17(21)22/h3-4,7-8,15H,5-6,9H2,1-2H3,(H,21,22). The van der Waals surface area contributed by atoms with E-state index in [1.165, 1.54) is 4.90 Å². The van der Waals surface area contributed by atoms with E-state index >= 15 is 0 Å². The van der Waals surface area contributed by atoms with Gasteiger partial charge in [0.2, 0.25) is 0 Å². The molecule has 3 rings (SSSR count). The Morgan fingerprint density at radius 3 is 2.83 bits per heavy atom. The molecule has 1 amide bonds. The second kappa shape index (κ2) is 5.96. The second-order valence-electron chi connectivity index (χ2n) is 5.74. The molecule has 0 radical (unpaired) electrons. The highest BCUT2D eigenvalue weighted by Crippen LogP contribution is 2.21. The number of hydrogen-bond acceptors (Lipinski definition) is 4. The maximum Gasteiger partial charge on any atom is 0.328 e. The summed E-state index contributed by atoms with van der Waals surface area (Å²) in [6.45, 7) is 4.38. The molecule has 2 heterocycles. The van der Waals surface area contributed by atoms with Gasteiger partial charge in [-0.3, -0.25) is 9.78 Å². The van der Waals surface area contributed by atoms with Crippen LogP contribution in [0.4, 0.5) is 0 Å². The van der Waals surface area contributed by atoms with Gasteiger partial charge >= 0.3 is 5.97 Å². The normalized spacial score (nSPS) is 18.2. The number of aryl methyl sites for hydroxylation is 2. The largest absolute Gasteiger partial charge is 0.480 e. The number of carbonyl (C=O) groups excluding carboxylic acids is 1. The van der Waals surface area contributed by atoms with Crippen LogP contribution in [0.5, 0.6) is 0 Å². The monoisotopic (exact) mass is 314 g/mol. The van der Waals surface area contributed by atoms with Gasteiger partial charge in [0.1, 0.15) is 0 Å². The van der Waals surface area contributed by atoms with E-state index in [0.717, 1.165) is 16.5 Å². The number of carboxylic acid groups (broad SMARTS) is 1. The molecule has 0 bridgehead atoms. The van der Waals surface area contributed by atoms with Gasteiger partial charge in [0.15, 0.2) is 6.04 Å². The average Bonchev–Trinajstić information content (AvgIpc) is 2.53. The third kappa shape index (κ3) is 2.90. The molecule has 1 aliphatic heterocycles. The SMILES string of the molecule is Cc1ccc2cc(C(=O)N3CCOCC3C(=O)O)c(C)nc2c1. The van der Waals surface area contributed by atoms with Crippen LogP contribution in [0.25, 0.3) is 10.9 Å². The van der Waals surface area contributed by atoms with Crippen molar-refractivity contribution in [2.24, 2.45) is 0 Å². The molecule has 1 unspecified atom stereocenters. The van der Waals surface area contributed by atoms with Crippen molar-refractivity contribution in [2.75, 3.05) is 19.8 Å². The lowest BCUT2D eigenvalue weighted by Crippen LogP contribution is -2.52. The van der Waals surface area contributed by atoms with Gasteiger partial charge in [0, 0.05) is 11.9 Å². The van der Waals surface area contributed by atoms with Crippen LogP contribution in [0.15, 0.2) is 24.3 Å². The fourth-order valence-corrected chi connectivity index (χ4v) is 2.80. The summed E-state index contributed by atoms with van der Waals surface area (Å²) in [5, 5.41) is 10.2. The number of hydrogen-bond donors (Lipinski definition) is 1. The van der Waals surface area contributed by atoms with E-state index < -0.39 is 12.0 Å². The van der Waals surface area contributed by atoms with Crippen molar-refractivity contribution >= 4 is 22.8 Å². The Hall–Kier alpha value is -2.47. The van der Waals surface area contributed by atoms with Gasteiger partial charge < -0.3 is 14.7 Å². The van der Waals surface area contributed by atoms with E-state index in [1.807, 2.05) is 25.1 Å². The van der Waals surface area contributed by atoms with E-state index in [-0.39, 0.29) is 19.1 Å². The first-order valence-electron chi connectivity index (χ1n) is 7.47. The molecular weight excluding hydrogens is 296 g/mol. The minimum atomic E-state index is -1.06. The Morgan fingerprint density at radius 2 is 2.09 bits per heavy atom. The summed E-state index contributed by atoms with van der Waals surface area (Å²) >= 11 is 0. The highest BCUT2D eigenvalue weighted by molar-refractivity contribution is 6.00. The molecule has 1 aromatic carbocycles. The second-order valence-corrected chi connectivity index (χ2v) is 5.74. The molecule has 2 aromatic rings. The summed E-state index contributed by atoms with van der Waals surface area (Å²) in [5.74, 6) is -1.37. The fourth-order valence-electron chi connectivity index (χ4n) is 2.80. The van der Waals surface area contributed by atoms with Gasteiger partial charge in [-0.25, -0.2) is 4.79 Å². The summed E-state index contributed by atoms with van der Waals surface area (Å²) in [6.07, 6.45) is 0. The van der Waals surface area contributed by atoms with Crippen molar-refractivity contribution in [2.45, 2.75) is 19.9 Å². The van der Waals surface area contributed by atoms with Crippen LogP contribution in [0.2, 0.25) is 0 Å². The smallest absolute Gasteiger partial charge is 0.328 e. The summed E-state index contributed by atoms with van der Waals surface area (Å²) < 4.78 is 5.18. The molecule has 6 nitrogen and oxygen atoms in total. The van der Waals surface area contributed by atoms with Crippen LogP contribution in [0, 0.1) is 13.8 Å². The Labute approximate surface area is 133 Å².